The van der Waals surface area contributed by atoms with E-state index in [2.05, 4.69) is 5.32 Å². The van der Waals surface area contributed by atoms with E-state index in [1.807, 2.05) is 0 Å². The molecule has 9 heteroatoms. The maximum atomic E-state index is 10.7. The van der Waals surface area contributed by atoms with Crippen molar-refractivity contribution in [3.8, 4) is 0 Å². The van der Waals surface area contributed by atoms with E-state index in [9.17, 15) is 14.4 Å². The van der Waals surface area contributed by atoms with Gasteiger partial charge in [-0.15, -0.1) is 0 Å². The zero-order chi connectivity index (χ0) is 13.4. The van der Waals surface area contributed by atoms with Gasteiger partial charge in [0.15, 0.2) is 0 Å². The van der Waals surface area contributed by atoms with E-state index in [0.717, 1.165) is 21.6 Å². The number of carbonyl (C=O) groups is 3. The predicted molar refractivity (Wildman–Crippen MR) is 65.8 cm³/mol. The highest BCUT2D eigenvalue weighted by atomic mass is 33.1. The molecule has 1 amide bonds. The summed E-state index contributed by atoms with van der Waals surface area (Å²) in [6.45, 7) is 1.23. The highest BCUT2D eigenvalue weighted by Gasteiger charge is 2.19. The van der Waals surface area contributed by atoms with E-state index in [-0.39, 0.29) is 11.5 Å². The number of aliphatic carboxylic acids is 2. The molecule has 2 atom stereocenters. The molecule has 0 unspecified atom stereocenters. The summed E-state index contributed by atoms with van der Waals surface area (Å²) in [6, 6.07) is -1.96. The maximum absolute atomic E-state index is 10.7. The monoisotopic (exact) mass is 282 g/mol. The first-order chi connectivity index (χ1) is 7.84. The number of nitrogens with one attached hydrogen (secondary N) is 1. The van der Waals surface area contributed by atoms with Crippen LogP contribution in [0.1, 0.15) is 6.92 Å². The van der Waals surface area contributed by atoms with Crippen LogP contribution in [-0.2, 0) is 14.4 Å². The van der Waals surface area contributed by atoms with Crippen LogP contribution in [0, 0.1) is 0 Å². The van der Waals surface area contributed by atoms with Crippen molar-refractivity contribution in [3.05, 3.63) is 0 Å². The Balaban J connectivity index is 3.87. The number of nitrogens with two attached hydrogens (primary N) is 1. The summed E-state index contributed by atoms with van der Waals surface area (Å²) in [4.78, 5) is 31.8. The van der Waals surface area contributed by atoms with Gasteiger partial charge in [0, 0.05) is 18.4 Å². The minimum atomic E-state index is -1.13. The summed E-state index contributed by atoms with van der Waals surface area (Å²) in [5.74, 6) is -2.34. The van der Waals surface area contributed by atoms with Crippen LogP contribution in [0.25, 0.3) is 0 Å². The highest BCUT2D eigenvalue weighted by molar-refractivity contribution is 8.76. The van der Waals surface area contributed by atoms with Crippen molar-refractivity contribution in [2.24, 2.45) is 5.73 Å². The summed E-state index contributed by atoms with van der Waals surface area (Å²) >= 11 is 0. The van der Waals surface area contributed by atoms with Gasteiger partial charge in [-0.05, 0) is 0 Å². The smallest absolute Gasteiger partial charge is 0.327 e. The number of amides is 1. The molecule has 98 valence electrons. The Morgan fingerprint density at radius 1 is 1.18 bits per heavy atom. The Bertz CT molecular complexity index is 300. The number of hydrogen-bond acceptors (Lipinski definition) is 6. The van der Waals surface area contributed by atoms with Gasteiger partial charge in [0.05, 0.1) is 0 Å². The summed E-state index contributed by atoms with van der Waals surface area (Å²) in [5.41, 5.74) is 5.25. The molecule has 5 N–H and O–H groups in total. The van der Waals surface area contributed by atoms with Crippen molar-refractivity contribution in [1.29, 1.82) is 0 Å². The lowest BCUT2D eigenvalue weighted by molar-refractivity contribution is -0.140. The second-order valence-corrected chi connectivity index (χ2v) is 5.66. The van der Waals surface area contributed by atoms with Crippen LogP contribution in [0.3, 0.4) is 0 Å². The van der Waals surface area contributed by atoms with Crippen LogP contribution in [0.4, 0.5) is 0 Å². The molecule has 0 saturated carbocycles. The molecule has 0 aliphatic heterocycles. The lowest BCUT2D eigenvalue weighted by Crippen LogP contribution is -2.41. The predicted octanol–water partition coefficient (Wildman–Crippen LogP) is -0.631. The molecule has 0 aromatic rings. The molecule has 0 aromatic heterocycles. The standard InChI is InChI=1S/C8H14N2O5S2/c1-4(11)10-6(8(14)15)3-17-16-2-5(9)7(12)13/h5-6H,2-3,9H2,1H3,(H,10,11)(H,12,13)(H,14,15)/t5-,6+/m1/s1. The van der Waals surface area contributed by atoms with Gasteiger partial charge < -0.3 is 21.3 Å². The van der Waals surface area contributed by atoms with Gasteiger partial charge in [0.25, 0.3) is 0 Å². The fourth-order valence-corrected chi connectivity index (χ4v) is 3.00. The fraction of sp³-hybridized carbons (Fsp3) is 0.625. The third-order valence-electron chi connectivity index (χ3n) is 1.56. The van der Waals surface area contributed by atoms with Crippen LogP contribution < -0.4 is 11.1 Å². The minimum absolute atomic E-state index is 0.145. The number of carbonyl (C=O) groups excluding carboxylic acids is 1. The highest BCUT2D eigenvalue weighted by Crippen LogP contribution is 2.22. The van der Waals surface area contributed by atoms with Crippen molar-refractivity contribution in [2.75, 3.05) is 11.5 Å². The Morgan fingerprint density at radius 2 is 1.71 bits per heavy atom. The SMILES string of the molecule is CC(=O)N[C@@H](CSSC[C@@H](N)C(=O)O)C(=O)O. The van der Waals surface area contributed by atoms with Crippen molar-refractivity contribution < 1.29 is 24.6 Å². The van der Waals surface area contributed by atoms with Gasteiger partial charge in [-0.25, -0.2) is 4.79 Å². The molecule has 7 nitrogen and oxygen atoms in total. The number of carboxylic acid groups (broad SMARTS) is 2. The summed E-state index contributed by atoms with van der Waals surface area (Å²) in [6.07, 6.45) is 0. The van der Waals surface area contributed by atoms with Gasteiger partial charge in [-0.2, -0.15) is 0 Å². The van der Waals surface area contributed by atoms with E-state index in [0.29, 0.717) is 0 Å². The zero-order valence-corrected chi connectivity index (χ0v) is 10.7. The molecule has 0 bridgehead atoms. The third-order valence-corrected chi connectivity index (χ3v) is 4.01. The van der Waals surface area contributed by atoms with Crippen LogP contribution >= 0.6 is 21.6 Å². The van der Waals surface area contributed by atoms with Crippen LogP contribution in [0.15, 0.2) is 0 Å². The summed E-state index contributed by atoms with van der Waals surface area (Å²) in [7, 11) is 2.31. The lowest BCUT2D eigenvalue weighted by atomic mass is 10.3. The molecule has 0 aliphatic carbocycles. The Kier molecular flexibility index (Phi) is 7.75. The molecule has 17 heavy (non-hydrogen) atoms. The van der Waals surface area contributed by atoms with E-state index in [4.69, 9.17) is 15.9 Å². The molecule has 0 aliphatic rings. The van der Waals surface area contributed by atoms with E-state index in [1.54, 1.807) is 0 Å². The lowest BCUT2D eigenvalue weighted by Gasteiger charge is -2.12. The van der Waals surface area contributed by atoms with E-state index < -0.39 is 29.9 Å². The van der Waals surface area contributed by atoms with Gasteiger partial charge in [0.1, 0.15) is 12.1 Å². The second kappa shape index (κ2) is 8.20. The first-order valence-corrected chi connectivity index (χ1v) is 7.06. The molecule has 0 fully saturated rings. The third kappa shape index (κ3) is 7.88. The molecule has 0 aromatic carbocycles. The molecular weight excluding hydrogens is 268 g/mol. The first-order valence-electron chi connectivity index (χ1n) is 4.57. The molecule has 0 heterocycles. The minimum Gasteiger partial charge on any atom is -0.480 e. The van der Waals surface area contributed by atoms with E-state index in [1.165, 1.54) is 6.92 Å². The summed E-state index contributed by atoms with van der Waals surface area (Å²) < 4.78 is 0. The molecular formula is C8H14N2O5S2. The van der Waals surface area contributed by atoms with Gasteiger partial charge >= 0.3 is 11.9 Å². The van der Waals surface area contributed by atoms with E-state index >= 15 is 0 Å². The zero-order valence-electron chi connectivity index (χ0n) is 9.08. The Hall–Kier alpha value is -0.930. The molecule has 0 saturated heterocycles. The second-order valence-electron chi connectivity index (χ2n) is 3.11. The Morgan fingerprint density at radius 3 is 2.12 bits per heavy atom. The van der Waals surface area contributed by atoms with Gasteiger partial charge in [-0.3, -0.25) is 9.59 Å². The largest absolute Gasteiger partial charge is 0.480 e. The van der Waals surface area contributed by atoms with Gasteiger partial charge in [-0.1, -0.05) is 21.6 Å². The molecule has 0 radical (unpaired) electrons. The topological polar surface area (TPSA) is 130 Å². The van der Waals surface area contributed by atoms with Gasteiger partial charge in [0.2, 0.25) is 5.91 Å². The maximum Gasteiger partial charge on any atom is 0.327 e. The van der Waals surface area contributed by atoms with Crippen molar-refractivity contribution in [2.45, 2.75) is 19.0 Å². The van der Waals surface area contributed by atoms with Crippen molar-refractivity contribution >= 4 is 39.4 Å². The number of carboxylic acids is 2. The normalized spacial score (nSPS) is 13.8. The average molecular weight is 282 g/mol. The molecule has 0 rings (SSSR count). The average Bonchev–Trinajstić information content (AvgIpc) is 2.21. The summed E-state index contributed by atoms with van der Waals surface area (Å²) in [5, 5.41) is 19.5. The first kappa shape index (κ1) is 16.1. The quantitative estimate of drug-likeness (QED) is 0.342. The van der Waals surface area contributed by atoms with Crippen LogP contribution in [0.5, 0.6) is 0 Å². The molecule has 0 spiro atoms. The van der Waals surface area contributed by atoms with Crippen LogP contribution in [-0.4, -0.2) is 51.6 Å². The van der Waals surface area contributed by atoms with Crippen LogP contribution in [0.2, 0.25) is 0 Å². The number of hydrogen-bond donors (Lipinski definition) is 4. The number of rotatable bonds is 8. The fourth-order valence-electron chi connectivity index (χ4n) is 0.729. The van der Waals surface area contributed by atoms with Crippen molar-refractivity contribution in [1.82, 2.24) is 5.32 Å². The Labute approximate surface area is 106 Å². The van der Waals surface area contributed by atoms with Crippen molar-refractivity contribution in [3.63, 3.8) is 0 Å².